The molecular weight excluding hydrogens is 276 g/mol. The first kappa shape index (κ1) is 14.9. The molecule has 0 spiro atoms. The highest BCUT2D eigenvalue weighted by Crippen LogP contribution is 2.31. The van der Waals surface area contributed by atoms with Gasteiger partial charge in [0.15, 0.2) is 4.90 Å². The smallest absolute Gasteiger partial charge is 0.162 e. The number of rotatable bonds is 6. The summed E-state index contributed by atoms with van der Waals surface area (Å²) in [5, 5.41) is 2.85. The average Bonchev–Trinajstić information content (AvgIpc) is 3.05. The van der Waals surface area contributed by atoms with Crippen LogP contribution < -0.4 is 0 Å². The molecule has 1 heterocycles. The van der Waals surface area contributed by atoms with Crippen LogP contribution in [-0.4, -0.2) is 18.1 Å². The lowest BCUT2D eigenvalue weighted by atomic mass is 10.1. The summed E-state index contributed by atoms with van der Waals surface area (Å²) in [6, 6.07) is 13.6. The Hall–Kier alpha value is -0.990. The van der Waals surface area contributed by atoms with E-state index in [1.807, 2.05) is 0 Å². The van der Waals surface area contributed by atoms with Crippen molar-refractivity contribution in [2.24, 2.45) is 0 Å². The van der Waals surface area contributed by atoms with Crippen molar-refractivity contribution >= 4 is 21.7 Å². The number of fused-ring (bicyclic) bond motifs is 1. The minimum Gasteiger partial charge on any atom is -0.377 e. The summed E-state index contributed by atoms with van der Waals surface area (Å²) in [6.07, 6.45) is 5.15. The van der Waals surface area contributed by atoms with E-state index in [2.05, 4.69) is 43.3 Å². The van der Waals surface area contributed by atoms with Gasteiger partial charge in [-0.15, -0.1) is 0 Å². The summed E-state index contributed by atoms with van der Waals surface area (Å²) >= 11 is 0. The van der Waals surface area contributed by atoms with Gasteiger partial charge in [-0.05, 0) is 42.3 Å². The van der Waals surface area contributed by atoms with Crippen LogP contribution in [0.15, 0.2) is 41.3 Å². The molecule has 0 atom stereocenters. The quantitative estimate of drug-likeness (QED) is 0.543. The van der Waals surface area contributed by atoms with E-state index in [4.69, 9.17) is 4.74 Å². The van der Waals surface area contributed by atoms with E-state index >= 15 is 0 Å². The minimum absolute atomic E-state index is 0.477. The van der Waals surface area contributed by atoms with Gasteiger partial charge < -0.3 is 4.74 Å². The molecule has 0 aromatic heterocycles. The largest absolute Gasteiger partial charge is 0.377 e. The van der Waals surface area contributed by atoms with Crippen LogP contribution in [0.25, 0.3) is 10.8 Å². The maximum Gasteiger partial charge on any atom is 0.162 e. The van der Waals surface area contributed by atoms with Gasteiger partial charge in [-0.2, -0.15) is 0 Å². The average molecular weight is 301 g/mol. The third-order valence-electron chi connectivity index (χ3n) is 4.22. The highest BCUT2D eigenvalue weighted by Gasteiger charge is 2.28. The summed E-state index contributed by atoms with van der Waals surface area (Å²) in [7, 11) is 0.477. The van der Waals surface area contributed by atoms with Crippen molar-refractivity contribution < 1.29 is 4.74 Å². The second-order valence-corrected chi connectivity index (χ2v) is 8.02. The molecule has 1 fully saturated rings. The summed E-state index contributed by atoms with van der Waals surface area (Å²) in [6.45, 7) is 3.82. The van der Waals surface area contributed by atoms with Crippen molar-refractivity contribution in [3.05, 3.63) is 42.0 Å². The maximum absolute atomic E-state index is 5.84. The number of ether oxygens (including phenoxy) is 1. The van der Waals surface area contributed by atoms with E-state index in [9.17, 15) is 0 Å². The van der Waals surface area contributed by atoms with Gasteiger partial charge in [0.25, 0.3) is 0 Å². The van der Waals surface area contributed by atoms with Crippen molar-refractivity contribution in [1.82, 2.24) is 0 Å². The second-order valence-electron chi connectivity index (χ2n) is 5.78. The Kier molecular flexibility index (Phi) is 5.21. The fraction of sp³-hybridized carbons (Fsp3) is 0.474. The van der Waals surface area contributed by atoms with Gasteiger partial charge in [0, 0.05) is 22.9 Å². The van der Waals surface area contributed by atoms with Crippen molar-refractivity contribution in [2.75, 3.05) is 18.1 Å². The normalized spacial score (nSPS) is 15.9. The molecule has 2 heteroatoms. The molecule has 2 aromatic rings. The van der Waals surface area contributed by atoms with E-state index < -0.39 is 0 Å². The summed E-state index contributed by atoms with van der Waals surface area (Å²) in [4.78, 5) is 1.58. The highest BCUT2D eigenvalue weighted by atomic mass is 32.2. The van der Waals surface area contributed by atoms with Gasteiger partial charge in [-0.3, -0.25) is 0 Å². The lowest BCUT2D eigenvalue weighted by Gasteiger charge is -2.10. The van der Waals surface area contributed by atoms with Crippen molar-refractivity contribution in [3.8, 4) is 0 Å². The van der Waals surface area contributed by atoms with E-state index in [0.29, 0.717) is 10.9 Å². The fourth-order valence-electron chi connectivity index (χ4n) is 3.01. The zero-order chi connectivity index (χ0) is 14.5. The molecule has 21 heavy (non-hydrogen) atoms. The molecule has 2 aromatic carbocycles. The van der Waals surface area contributed by atoms with Crippen LogP contribution in [-0.2, 0) is 22.2 Å². The summed E-state index contributed by atoms with van der Waals surface area (Å²) in [5.41, 5.74) is 1.34. The van der Waals surface area contributed by atoms with Crippen LogP contribution in [0.5, 0.6) is 0 Å². The highest BCUT2D eigenvalue weighted by molar-refractivity contribution is 7.97. The van der Waals surface area contributed by atoms with Crippen molar-refractivity contribution in [3.63, 3.8) is 0 Å². The van der Waals surface area contributed by atoms with Gasteiger partial charge in [-0.25, -0.2) is 0 Å². The summed E-state index contributed by atoms with van der Waals surface area (Å²) in [5.74, 6) is 2.77. The Morgan fingerprint density at radius 2 is 1.76 bits per heavy atom. The first-order chi connectivity index (χ1) is 10.4. The van der Waals surface area contributed by atoms with Crippen LogP contribution in [0.3, 0.4) is 0 Å². The van der Waals surface area contributed by atoms with Gasteiger partial charge in [0.1, 0.15) is 11.5 Å². The van der Waals surface area contributed by atoms with Gasteiger partial charge in [-0.1, -0.05) is 37.6 Å². The van der Waals surface area contributed by atoms with Crippen LogP contribution >= 0.6 is 0 Å². The minimum atomic E-state index is 0.477. The second kappa shape index (κ2) is 7.33. The topological polar surface area (TPSA) is 9.23 Å². The molecule has 3 rings (SSSR count). The van der Waals surface area contributed by atoms with E-state index in [1.165, 1.54) is 47.1 Å². The Balaban J connectivity index is 1.87. The monoisotopic (exact) mass is 301 g/mol. The zero-order valence-electron chi connectivity index (χ0n) is 12.9. The Morgan fingerprint density at radius 3 is 2.52 bits per heavy atom. The van der Waals surface area contributed by atoms with Crippen molar-refractivity contribution in [2.45, 2.75) is 44.1 Å². The number of benzene rings is 2. The summed E-state index contributed by atoms with van der Waals surface area (Å²) < 4.78 is 5.84. The predicted octanol–water partition coefficient (Wildman–Crippen LogP) is 4.93. The van der Waals surface area contributed by atoms with Crippen LogP contribution in [0.4, 0.5) is 0 Å². The molecule has 0 unspecified atom stereocenters. The van der Waals surface area contributed by atoms with Gasteiger partial charge >= 0.3 is 0 Å². The Bertz CT molecular complexity index is 587. The predicted molar refractivity (Wildman–Crippen MR) is 93.1 cm³/mol. The van der Waals surface area contributed by atoms with Crippen LogP contribution in [0.2, 0.25) is 0 Å². The SMILES string of the molecule is CCCCOCc1ccc([S+]2CCCC2)c2ccccc12. The van der Waals surface area contributed by atoms with E-state index in [1.54, 1.807) is 4.90 Å². The molecule has 0 amide bonds. The molecule has 1 aliphatic rings. The van der Waals surface area contributed by atoms with Crippen LogP contribution in [0.1, 0.15) is 38.2 Å². The fourth-order valence-corrected chi connectivity index (χ4v) is 5.51. The lowest BCUT2D eigenvalue weighted by molar-refractivity contribution is 0.119. The van der Waals surface area contributed by atoms with E-state index in [0.717, 1.165) is 19.6 Å². The Morgan fingerprint density at radius 1 is 1.00 bits per heavy atom. The third kappa shape index (κ3) is 3.44. The Labute approximate surface area is 131 Å². The molecule has 0 N–H and O–H groups in total. The molecule has 112 valence electrons. The molecule has 1 saturated heterocycles. The molecule has 1 aliphatic heterocycles. The molecular formula is C19H25OS+. The zero-order valence-corrected chi connectivity index (χ0v) is 13.8. The maximum atomic E-state index is 5.84. The first-order valence-electron chi connectivity index (χ1n) is 8.16. The molecule has 0 aliphatic carbocycles. The standard InChI is InChI=1S/C19H25OS/c1-2-3-12-20-15-16-10-11-19(21-13-6-7-14-21)18-9-5-4-8-17(16)18/h4-5,8-11H,2-3,6-7,12-15H2,1H3/q+1. The van der Waals surface area contributed by atoms with Crippen LogP contribution in [0, 0.1) is 0 Å². The molecule has 1 nitrogen and oxygen atoms in total. The lowest BCUT2D eigenvalue weighted by Crippen LogP contribution is -2.05. The van der Waals surface area contributed by atoms with Crippen molar-refractivity contribution in [1.29, 1.82) is 0 Å². The van der Waals surface area contributed by atoms with Gasteiger partial charge in [0.2, 0.25) is 0 Å². The molecule has 0 saturated carbocycles. The number of hydrogen-bond donors (Lipinski definition) is 0. The van der Waals surface area contributed by atoms with Gasteiger partial charge in [0.05, 0.1) is 6.61 Å². The number of hydrogen-bond acceptors (Lipinski definition) is 1. The van der Waals surface area contributed by atoms with E-state index in [-0.39, 0.29) is 0 Å². The molecule has 0 bridgehead atoms. The molecule has 0 radical (unpaired) electrons. The number of unbranched alkanes of at least 4 members (excludes halogenated alkanes) is 1. The third-order valence-corrected chi connectivity index (χ3v) is 6.76. The first-order valence-corrected chi connectivity index (χ1v) is 9.72.